The number of hydrogen-bond donors (Lipinski definition) is 1. The summed E-state index contributed by atoms with van der Waals surface area (Å²) in [6.07, 6.45) is 2.13. The molecule has 1 heterocycles. The normalized spacial score (nSPS) is 19.7. The highest BCUT2D eigenvalue weighted by molar-refractivity contribution is 9.10. The molecule has 1 fully saturated rings. The van der Waals surface area contributed by atoms with Crippen molar-refractivity contribution in [2.24, 2.45) is 0 Å². The molecule has 7 heteroatoms. The lowest BCUT2D eigenvalue weighted by atomic mass is 10.2. The molecule has 0 radical (unpaired) electrons. The van der Waals surface area contributed by atoms with Crippen LogP contribution >= 0.6 is 27.5 Å². The summed E-state index contributed by atoms with van der Waals surface area (Å²) in [6.45, 7) is 3.80. The van der Waals surface area contributed by atoms with Gasteiger partial charge in [-0.1, -0.05) is 18.5 Å². The van der Waals surface area contributed by atoms with Gasteiger partial charge in [-0.2, -0.15) is 4.31 Å². The number of nitrogens with one attached hydrogen (secondary N) is 1. The first-order valence-electron chi connectivity index (χ1n) is 6.63. The minimum atomic E-state index is -3.47. The highest BCUT2D eigenvalue weighted by atomic mass is 79.9. The van der Waals surface area contributed by atoms with Crippen molar-refractivity contribution >= 4 is 37.6 Å². The summed E-state index contributed by atoms with van der Waals surface area (Å²) in [7, 11) is -3.47. The lowest BCUT2D eigenvalue weighted by molar-refractivity contribution is 0.383. The molecular formula is C13H18BrClN2O2S. The lowest BCUT2D eigenvalue weighted by Crippen LogP contribution is -2.40. The number of rotatable bonds is 5. The summed E-state index contributed by atoms with van der Waals surface area (Å²) < 4.78 is 27.4. The van der Waals surface area contributed by atoms with Crippen LogP contribution in [0, 0.1) is 0 Å². The van der Waals surface area contributed by atoms with Gasteiger partial charge in [0.05, 0.1) is 9.92 Å². The number of hydrogen-bond acceptors (Lipinski definition) is 3. The second-order valence-electron chi connectivity index (χ2n) is 4.82. The third-order valence-electron chi connectivity index (χ3n) is 3.47. The maximum Gasteiger partial charge on any atom is 0.243 e. The van der Waals surface area contributed by atoms with Gasteiger partial charge in [0.25, 0.3) is 0 Å². The Labute approximate surface area is 133 Å². The van der Waals surface area contributed by atoms with Crippen molar-refractivity contribution in [1.29, 1.82) is 0 Å². The molecule has 20 heavy (non-hydrogen) atoms. The Morgan fingerprint density at radius 3 is 2.80 bits per heavy atom. The van der Waals surface area contributed by atoms with E-state index in [9.17, 15) is 8.42 Å². The highest BCUT2D eigenvalue weighted by Gasteiger charge is 2.27. The van der Waals surface area contributed by atoms with Gasteiger partial charge in [-0.25, -0.2) is 8.42 Å². The quantitative estimate of drug-likeness (QED) is 0.853. The largest absolute Gasteiger partial charge is 0.313 e. The van der Waals surface area contributed by atoms with E-state index in [-0.39, 0.29) is 10.9 Å². The van der Waals surface area contributed by atoms with E-state index in [1.54, 1.807) is 18.2 Å². The Balaban J connectivity index is 2.23. The third kappa shape index (κ3) is 3.54. The van der Waals surface area contributed by atoms with Crippen LogP contribution in [0.3, 0.4) is 0 Å². The third-order valence-corrected chi connectivity index (χ3v) is 6.62. The Hall–Kier alpha value is -0.140. The minimum absolute atomic E-state index is 0.250. The van der Waals surface area contributed by atoms with Crippen molar-refractivity contribution in [3.63, 3.8) is 0 Å². The van der Waals surface area contributed by atoms with Gasteiger partial charge in [-0.05, 0) is 53.5 Å². The summed E-state index contributed by atoms with van der Waals surface area (Å²) in [4.78, 5) is 0.272. The zero-order chi connectivity index (χ0) is 14.8. The van der Waals surface area contributed by atoms with Gasteiger partial charge in [-0.3, -0.25) is 0 Å². The molecular weight excluding hydrogens is 364 g/mol. The Morgan fingerprint density at radius 2 is 2.25 bits per heavy atom. The molecule has 0 amide bonds. The molecule has 0 saturated carbocycles. The smallest absolute Gasteiger partial charge is 0.243 e. The van der Waals surface area contributed by atoms with Gasteiger partial charge in [-0.15, -0.1) is 0 Å². The number of sulfonamides is 1. The van der Waals surface area contributed by atoms with Gasteiger partial charge >= 0.3 is 0 Å². The number of nitrogens with zero attached hydrogens (tertiary/aromatic N) is 1. The average Bonchev–Trinajstić information content (AvgIpc) is 2.91. The molecule has 1 atom stereocenters. The predicted octanol–water partition coefficient (Wildman–Crippen LogP) is 2.87. The van der Waals surface area contributed by atoms with Crippen LogP contribution in [0.25, 0.3) is 0 Å². The Bertz CT molecular complexity index is 574. The molecule has 4 nitrogen and oxygen atoms in total. The monoisotopic (exact) mass is 380 g/mol. The van der Waals surface area contributed by atoms with E-state index in [1.807, 2.05) is 6.92 Å². The van der Waals surface area contributed by atoms with Crippen LogP contribution in [0.5, 0.6) is 0 Å². The van der Waals surface area contributed by atoms with Crippen molar-refractivity contribution in [2.45, 2.75) is 30.7 Å². The van der Waals surface area contributed by atoms with Gasteiger partial charge in [0.1, 0.15) is 0 Å². The molecule has 0 spiro atoms. The fraction of sp³-hybridized carbons (Fsp3) is 0.538. The lowest BCUT2D eigenvalue weighted by Gasteiger charge is -2.24. The fourth-order valence-electron chi connectivity index (χ4n) is 2.34. The van der Waals surface area contributed by atoms with Crippen molar-refractivity contribution in [3.8, 4) is 0 Å². The van der Waals surface area contributed by atoms with Gasteiger partial charge in [0, 0.05) is 23.6 Å². The van der Waals surface area contributed by atoms with Crippen LogP contribution in [-0.4, -0.2) is 38.4 Å². The van der Waals surface area contributed by atoms with E-state index >= 15 is 0 Å². The molecule has 1 unspecified atom stereocenters. The topological polar surface area (TPSA) is 49.4 Å². The molecule has 1 aromatic carbocycles. The molecule has 1 N–H and O–H groups in total. The first-order valence-corrected chi connectivity index (χ1v) is 9.25. The van der Waals surface area contributed by atoms with E-state index in [2.05, 4.69) is 21.2 Å². The number of likely N-dealkylation sites (N-methyl/N-ethyl adjacent to an activating group) is 1. The van der Waals surface area contributed by atoms with Crippen LogP contribution in [-0.2, 0) is 10.0 Å². The van der Waals surface area contributed by atoms with Crippen molar-refractivity contribution in [1.82, 2.24) is 9.62 Å². The molecule has 0 aromatic heterocycles. The molecule has 1 aliphatic rings. The van der Waals surface area contributed by atoms with Crippen LogP contribution < -0.4 is 5.32 Å². The van der Waals surface area contributed by atoms with Gasteiger partial charge in [0.15, 0.2) is 0 Å². The zero-order valence-electron chi connectivity index (χ0n) is 11.3. The van der Waals surface area contributed by atoms with Crippen molar-refractivity contribution in [3.05, 3.63) is 27.7 Å². The van der Waals surface area contributed by atoms with Gasteiger partial charge < -0.3 is 5.32 Å². The van der Waals surface area contributed by atoms with Crippen LogP contribution in [0.2, 0.25) is 5.02 Å². The molecule has 0 aliphatic carbocycles. The Morgan fingerprint density at radius 1 is 1.50 bits per heavy atom. The fourth-order valence-corrected chi connectivity index (χ4v) is 4.51. The van der Waals surface area contributed by atoms with E-state index < -0.39 is 10.0 Å². The molecule has 0 bridgehead atoms. The Kier molecular flexibility index (Phi) is 5.48. The number of halogens is 2. The summed E-state index contributed by atoms with van der Waals surface area (Å²) in [5.41, 5.74) is 0. The molecule has 1 aromatic rings. The SMILES string of the molecule is CCN(CC1CCCN1)S(=O)(=O)c1ccc(Cl)c(Br)c1. The maximum atomic E-state index is 12.6. The maximum absolute atomic E-state index is 12.6. The molecule has 1 saturated heterocycles. The minimum Gasteiger partial charge on any atom is -0.313 e. The van der Waals surface area contributed by atoms with Crippen molar-refractivity contribution < 1.29 is 8.42 Å². The highest BCUT2D eigenvalue weighted by Crippen LogP contribution is 2.27. The predicted molar refractivity (Wildman–Crippen MR) is 84.6 cm³/mol. The second kappa shape index (κ2) is 6.75. The van der Waals surface area contributed by atoms with Gasteiger partial charge in [0.2, 0.25) is 10.0 Å². The zero-order valence-corrected chi connectivity index (χ0v) is 14.4. The van der Waals surface area contributed by atoms with Crippen molar-refractivity contribution in [2.75, 3.05) is 19.6 Å². The van der Waals surface area contributed by atoms with Crippen LogP contribution in [0.1, 0.15) is 19.8 Å². The number of benzene rings is 1. The first-order chi connectivity index (χ1) is 9.45. The molecule has 2 rings (SSSR count). The van der Waals surface area contributed by atoms with E-state index in [0.29, 0.717) is 22.6 Å². The molecule has 112 valence electrons. The second-order valence-corrected chi connectivity index (χ2v) is 8.02. The molecule has 1 aliphatic heterocycles. The summed E-state index contributed by atoms with van der Waals surface area (Å²) in [6, 6.07) is 4.95. The van der Waals surface area contributed by atoms with E-state index in [4.69, 9.17) is 11.6 Å². The van der Waals surface area contributed by atoms with E-state index in [0.717, 1.165) is 19.4 Å². The van der Waals surface area contributed by atoms with Crippen LogP contribution in [0.15, 0.2) is 27.6 Å². The van der Waals surface area contributed by atoms with Crippen LogP contribution in [0.4, 0.5) is 0 Å². The standard InChI is InChI=1S/C13H18BrClN2O2S/c1-2-17(9-10-4-3-7-16-10)20(18,19)11-5-6-13(15)12(14)8-11/h5-6,8,10,16H,2-4,7,9H2,1H3. The summed E-state index contributed by atoms with van der Waals surface area (Å²) in [5, 5.41) is 3.83. The van der Waals surface area contributed by atoms with E-state index in [1.165, 1.54) is 4.31 Å². The average molecular weight is 382 g/mol. The summed E-state index contributed by atoms with van der Waals surface area (Å²) in [5.74, 6) is 0. The summed E-state index contributed by atoms with van der Waals surface area (Å²) >= 11 is 9.19. The first kappa shape index (κ1) is 16.2.